The largest absolute Gasteiger partial charge is 0.316 e. The average molecular weight is 263 g/mol. The van der Waals surface area contributed by atoms with E-state index in [9.17, 15) is 0 Å². The van der Waals surface area contributed by atoms with Gasteiger partial charge >= 0.3 is 0 Å². The number of fused-ring (bicyclic) bond motifs is 2. The smallest absolute Gasteiger partial charge is 0.00454 e. The molecule has 0 aliphatic heterocycles. The number of aryl methyl sites for hydroxylation is 1. The van der Waals surface area contributed by atoms with Crippen LogP contribution < -0.4 is 5.32 Å². The van der Waals surface area contributed by atoms with Gasteiger partial charge in [-0.3, -0.25) is 0 Å². The molecule has 100 valence electrons. The maximum atomic E-state index is 3.65. The Kier molecular flexibility index (Phi) is 3.76. The molecule has 1 N–H and O–H groups in total. The van der Waals surface area contributed by atoms with Crippen molar-refractivity contribution in [2.45, 2.75) is 45.4 Å². The summed E-state index contributed by atoms with van der Waals surface area (Å²) in [5.41, 5.74) is 0.628. The summed E-state index contributed by atoms with van der Waals surface area (Å²) < 4.78 is 0. The topological polar surface area (TPSA) is 12.0 Å². The van der Waals surface area contributed by atoms with Crippen LogP contribution in [0.5, 0.6) is 0 Å². The van der Waals surface area contributed by atoms with Gasteiger partial charge in [0.25, 0.3) is 0 Å². The molecular formula is C16H25NS. The maximum Gasteiger partial charge on any atom is 0.00454 e. The fourth-order valence-corrected chi connectivity index (χ4v) is 5.08. The molecule has 3 atom stereocenters. The van der Waals surface area contributed by atoms with Gasteiger partial charge in [-0.2, -0.15) is 0 Å². The van der Waals surface area contributed by atoms with Crippen LogP contribution in [0, 0.1) is 17.3 Å². The maximum absolute atomic E-state index is 3.65. The Morgan fingerprint density at radius 1 is 1.44 bits per heavy atom. The van der Waals surface area contributed by atoms with E-state index in [4.69, 9.17) is 0 Å². The average Bonchev–Trinajstić information content (AvgIpc) is 3.10. The Hall–Kier alpha value is -0.340. The van der Waals surface area contributed by atoms with Crippen molar-refractivity contribution < 1.29 is 0 Å². The van der Waals surface area contributed by atoms with E-state index in [1.165, 1.54) is 45.1 Å². The molecule has 0 radical (unpaired) electrons. The van der Waals surface area contributed by atoms with Gasteiger partial charge in [-0.15, -0.1) is 11.3 Å². The van der Waals surface area contributed by atoms with Gasteiger partial charge in [0.05, 0.1) is 0 Å². The Morgan fingerprint density at radius 3 is 3.00 bits per heavy atom. The molecule has 1 aromatic heterocycles. The highest BCUT2D eigenvalue weighted by molar-refractivity contribution is 7.09. The van der Waals surface area contributed by atoms with Gasteiger partial charge in [-0.1, -0.05) is 19.4 Å². The summed E-state index contributed by atoms with van der Waals surface area (Å²) in [4.78, 5) is 1.58. The minimum Gasteiger partial charge on any atom is -0.316 e. The van der Waals surface area contributed by atoms with Gasteiger partial charge < -0.3 is 5.32 Å². The van der Waals surface area contributed by atoms with Crippen LogP contribution in [0.3, 0.4) is 0 Å². The van der Waals surface area contributed by atoms with Crippen LogP contribution in [0.2, 0.25) is 0 Å². The van der Waals surface area contributed by atoms with E-state index in [1.807, 2.05) is 11.3 Å². The van der Waals surface area contributed by atoms with Crippen molar-refractivity contribution in [3.63, 3.8) is 0 Å². The van der Waals surface area contributed by atoms with Gasteiger partial charge in [0.1, 0.15) is 0 Å². The zero-order chi connectivity index (χ0) is 12.4. The molecule has 1 nitrogen and oxygen atoms in total. The number of rotatable bonds is 6. The van der Waals surface area contributed by atoms with Crippen molar-refractivity contribution >= 4 is 11.3 Å². The highest BCUT2D eigenvalue weighted by Crippen LogP contribution is 2.57. The first-order valence-electron chi connectivity index (χ1n) is 7.55. The van der Waals surface area contributed by atoms with Gasteiger partial charge in [0, 0.05) is 11.4 Å². The first-order chi connectivity index (χ1) is 8.82. The standard InChI is InChI=1S/C16H25NS/c1-2-17-12-16(8-7-15-4-3-9-18-15)11-13-5-6-14(16)10-13/h3-4,9,13-14,17H,2,5-8,10-12H2,1H3. The van der Waals surface area contributed by atoms with Gasteiger partial charge in [-0.05, 0) is 67.3 Å². The summed E-state index contributed by atoms with van der Waals surface area (Å²) in [6, 6.07) is 4.50. The second-order valence-electron chi connectivity index (χ2n) is 6.30. The quantitative estimate of drug-likeness (QED) is 0.815. The molecule has 3 unspecified atom stereocenters. The number of thiophene rings is 1. The summed E-state index contributed by atoms with van der Waals surface area (Å²) in [5.74, 6) is 2.07. The predicted molar refractivity (Wildman–Crippen MR) is 79.1 cm³/mol. The molecule has 18 heavy (non-hydrogen) atoms. The fraction of sp³-hybridized carbons (Fsp3) is 0.750. The molecule has 0 amide bonds. The van der Waals surface area contributed by atoms with E-state index >= 15 is 0 Å². The van der Waals surface area contributed by atoms with Crippen LogP contribution in [-0.4, -0.2) is 13.1 Å². The molecule has 1 heterocycles. The summed E-state index contributed by atoms with van der Waals surface area (Å²) in [6.07, 6.45) is 8.73. The Morgan fingerprint density at radius 2 is 2.39 bits per heavy atom. The lowest BCUT2D eigenvalue weighted by atomic mass is 9.70. The molecule has 0 saturated heterocycles. The molecule has 0 aromatic carbocycles. The Labute approximate surface area is 115 Å². The number of hydrogen-bond donors (Lipinski definition) is 1. The summed E-state index contributed by atoms with van der Waals surface area (Å²) >= 11 is 1.93. The van der Waals surface area contributed by atoms with Crippen LogP contribution in [0.25, 0.3) is 0 Å². The van der Waals surface area contributed by atoms with E-state index in [1.54, 1.807) is 4.88 Å². The molecule has 2 heteroatoms. The van der Waals surface area contributed by atoms with Crippen molar-refractivity contribution in [1.29, 1.82) is 0 Å². The molecule has 2 aliphatic carbocycles. The second kappa shape index (κ2) is 5.34. The Balaban J connectivity index is 1.66. The minimum absolute atomic E-state index is 0.628. The summed E-state index contributed by atoms with van der Waals surface area (Å²) in [7, 11) is 0. The predicted octanol–water partition coefficient (Wildman–Crippen LogP) is 4.10. The zero-order valence-electron chi connectivity index (χ0n) is 11.5. The molecule has 1 aromatic rings. The van der Waals surface area contributed by atoms with Crippen LogP contribution in [0.4, 0.5) is 0 Å². The lowest BCUT2D eigenvalue weighted by molar-refractivity contribution is 0.144. The first kappa shape index (κ1) is 12.7. The summed E-state index contributed by atoms with van der Waals surface area (Å²) in [5, 5.41) is 5.86. The highest BCUT2D eigenvalue weighted by Gasteiger charge is 2.49. The number of hydrogen-bond acceptors (Lipinski definition) is 2. The van der Waals surface area contributed by atoms with Crippen molar-refractivity contribution in [3.8, 4) is 0 Å². The van der Waals surface area contributed by atoms with Gasteiger partial charge in [0.15, 0.2) is 0 Å². The lowest BCUT2D eigenvalue weighted by Gasteiger charge is -2.38. The molecule has 2 fully saturated rings. The van der Waals surface area contributed by atoms with Crippen molar-refractivity contribution in [1.82, 2.24) is 5.32 Å². The third kappa shape index (κ3) is 2.37. The van der Waals surface area contributed by atoms with Crippen molar-refractivity contribution in [2.24, 2.45) is 17.3 Å². The third-order valence-electron chi connectivity index (χ3n) is 5.28. The minimum atomic E-state index is 0.628. The lowest BCUT2D eigenvalue weighted by Crippen LogP contribution is -2.39. The molecule has 3 rings (SSSR count). The van der Waals surface area contributed by atoms with Crippen molar-refractivity contribution in [2.75, 3.05) is 13.1 Å². The van der Waals surface area contributed by atoms with E-state index in [0.717, 1.165) is 18.4 Å². The van der Waals surface area contributed by atoms with E-state index in [-0.39, 0.29) is 0 Å². The molecule has 0 spiro atoms. The van der Waals surface area contributed by atoms with Crippen LogP contribution in [0.15, 0.2) is 17.5 Å². The highest BCUT2D eigenvalue weighted by atomic mass is 32.1. The first-order valence-corrected chi connectivity index (χ1v) is 8.43. The molecular weight excluding hydrogens is 238 g/mol. The van der Waals surface area contributed by atoms with E-state index in [0.29, 0.717) is 5.41 Å². The molecule has 2 aliphatic rings. The Bertz CT molecular complexity index is 372. The van der Waals surface area contributed by atoms with Crippen LogP contribution >= 0.6 is 11.3 Å². The SMILES string of the molecule is CCNCC1(CCc2cccs2)CC2CCC1C2. The zero-order valence-corrected chi connectivity index (χ0v) is 12.3. The number of nitrogens with one attached hydrogen (secondary N) is 1. The van der Waals surface area contributed by atoms with Gasteiger partial charge in [-0.25, -0.2) is 0 Å². The normalized spacial score (nSPS) is 34.3. The fourth-order valence-electron chi connectivity index (χ4n) is 4.37. The van der Waals surface area contributed by atoms with Crippen LogP contribution in [-0.2, 0) is 6.42 Å². The van der Waals surface area contributed by atoms with Crippen LogP contribution in [0.1, 0.15) is 43.9 Å². The van der Waals surface area contributed by atoms with E-state index < -0.39 is 0 Å². The second-order valence-corrected chi connectivity index (χ2v) is 7.33. The summed E-state index contributed by atoms with van der Waals surface area (Å²) in [6.45, 7) is 4.62. The van der Waals surface area contributed by atoms with Crippen molar-refractivity contribution in [3.05, 3.63) is 22.4 Å². The molecule has 2 saturated carbocycles. The van der Waals surface area contributed by atoms with E-state index in [2.05, 4.69) is 29.8 Å². The molecule has 2 bridgehead atoms. The third-order valence-corrected chi connectivity index (χ3v) is 6.22. The monoisotopic (exact) mass is 263 g/mol. The van der Waals surface area contributed by atoms with Gasteiger partial charge in [0.2, 0.25) is 0 Å².